The molecule has 0 amide bonds. The molecule has 0 saturated carbocycles. The average Bonchev–Trinajstić information content (AvgIpc) is 2.57. The lowest BCUT2D eigenvalue weighted by Crippen LogP contribution is -2.23. The number of carboxylic acids is 1. The standard InChI is InChI=1S/C19H33NO2S2/c1-3-4-5-6-7-8-9-10-11-12-17(15-23)24-19(2,16-20)14-13-18(21)22/h15,17H,3-14H2,1-2H3,(H,21,22). The number of thioether (sulfide) groups is 1. The number of carboxylic acid groups (broad SMARTS) is 1. The zero-order chi connectivity index (χ0) is 18.3. The Balaban J connectivity index is 3.91. The van der Waals surface area contributed by atoms with Crippen LogP contribution in [0.5, 0.6) is 0 Å². The van der Waals surface area contributed by atoms with Crippen molar-refractivity contribution in [3.05, 3.63) is 0 Å². The number of hydrogen-bond donors (Lipinski definition) is 1. The van der Waals surface area contributed by atoms with Crippen LogP contribution in [0.4, 0.5) is 0 Å². The number of rotatable bonds is 16. The molecular weight excluding hydrogens is 338 g/mol. The third-order valence-electron chi connectivity index (χ3n) is 4.21. The minimum atomic E-state index is -0.852. The van der Waals surface area contributed by atoms with Gasteiger partial charge in [0.2, 0.25) is 0 Å². The number of nitriles is 1. The maximum absolute atomic E-state index is 10.7. The molecule has 0 aliphatic carbocycles. The Morgan fingerprint density at radius 2 is 1.75 bits per heavy atom. The van der Waals surface area contributed by atoms with Crippen molar-refractivity contribution in [2.75, 3.05) is 0 Å². The second-order valence-corrected chi connectivity index (χ2v) is 8.66. The molecule has 2 unspecified atom stereocenters. The molecule has 0 heterocycles. The monoisotopic (exact) mass is 371 g/mol. The molecule has 5 heteroatoms. The normalized spacial score (nSPS) is 14.5. The van der Waals surface area contributed by atoms with E-state index in [9.17, 15) is 10.1 Å². The van der Waals surface area contributed by atoms with E-state index < -0.39 is 10.7 Å². The highest BCUT2D eigenvalue weighted by Crippen LogP contribution is 2.34. The summed E-state index contributed by atoms with van der Waals surface area (Å²) in [5.74, 6) is -0.852. The van der Waals surface area contributed by atoms with Crippen molar-refractivity contribution in [2.45, 2.75) is 101 Å². The summed E-state index contributed by atoms with van der Waals surface area (Å²) in [7, 11) is 0. The first-order chi connectivity index (χ1) is 11.5. The molecule has 3 nitrogen and oxygen atoms in total. The van der Waals surface area contributed by atoms with Crippen molar-refractivity contribution in [3.63, 3.8) is 0 Å². The van der Waals surface area contributed by atoms with Crippen molar-refractivity contribution in [3.8, 4) is 6.07 Å². The molecule has 0 aliphatic rings. The molecule has 138 valence electrons. The molecule has 0 rings (SSSR count). The predicted octanol–water partition coefficient (Wildman–Crippen LogP) is 6.16. The maximum Gasteiger partial charge on any atom is 0.303 e. The van der Waals surface area contributed by atoms with E-state index in [0.717, 1.165) is 12.8 Å². The van der Waals surface area contributed by atoms with Gasteiger partial charge in [0.1, 0.15) is 4.75 Å². The van der Waals surface area contributed by atoms with Crippen LogP contribution in [0.1, 0.15) is 90.9 Å². The van der Waals surface area contributed by atoms with Gasteiger partial charge in [0, 0.05) is 11.7 Å². The molecular formula is C19H33NO2S2. The Hall–Kier alpha value is -0.600. The Kier molecular flexibility index (Phi) is 14.4. The highest BCUT2D eigenvalue weighted by Gasteiger charge is 2.28. The summed E-state index contributed by atoms with van der Waals surface area (Å²) in [5.41, 5.74) is 0. The van der Waals surface area contributed by atoms with Gasteiger partial charge < -0.3 is 5.11 Å². The molecule has 0 radical (unpaired) electrons. The minimum absolute atomic E-state index is 0.0270. The van der Waals surface area contributed by atoms with Crippen LogP contribution in [-0.4, -0.2) is 26.4 Å². The van der Waals surface area contributed by atoms with Gasteiger partial charge in [0.15, 0.2) is 0 Å². The second kappa shape index (κ2) is 14.7. The van der Waals surface area contributed by atoms with Crippen LogP contribution in [0.3, 0.4) is 0 Å². The van der Waals surface area contributed by atoms with Crippen LogP contribution in [0.2, 0.25) is 0 Å². The molecule has 0 fully saturated rings. The van der Waals surface area contributed by atoms with E-state index in [0.29, 0.717) is 6.42 Å². The van der Waals surface area contributed by atoms with E-state index in [1.54, 1.807) is 5.37 Å². The maximum atomic E-state index is 10.7. The van der Waals surface area contributed by atoms with E-state index in [4.69, 9.17) is 17.3 Å². The number of nitrogens with zero attached hydrogens (tertiary/aromatic N) is 1. The van der Waals surface area contributed by atoms with Crippen molar-refractivity contribution >= 4 is 35.3 Å². The number of thiocarbonyl (C=S) groups is 1. The second-order valence-electron chi connectivity index (χ2n) is 6.65. The molecule has 2 atom stereocenters. The molecule has 0 aromatic carbocycles. The molecule has 0 bridgehead atoms. The van der Waals surface area contributed by atoms with Gasteiger partial charge >= 0.3 is 5.97 Å². The third-order valence-corrected chi connectivity index (χ3v) is 6.20. The minimum Gasteiger partial charge on any atom is -0.481 e. The predicted molar refractivity (Wildman–Crippen MR) is 108 cm³/mol. The van der Waals surface area contributed by atoms with E-state index >= 15 is 0 Å². The van der Waals surface area contributed by atoms with E-state index in [2.05, 4.69) is 13.0 Å². The van der Waals surface area contributed by atoms with Gasteiger partial charge in [-0.25, -0.2) is 0 Å². The van der Waals surface area contributed by atoms with Crippen LogP contribution in [0, 0.1) is 11.3 Å². The molecule has 0 aromatic heterocycles. The summed E-state index contributed by atoms with van der Waals surface area (Å²) in [5, 5.41) is 20.1. The summed E-state index contributed by atoms with van der Waals surface area (Å²) in [6, 6.07) is 2.27. The first-order valence-electron chi connectivity index (χ1n) is 9.23. The zero-order valence-electron chi connectivity index (χ0n) is 15.3. The summed E-state index contributed by atoms with van der Waals surface area (Å²) in [4.78, 5) is 10.7. The van der Waals surface area contributed by atoms with Gasteiger partial charge in [-0.15, -0.1) is 11.8 Å². The zero-order valence-corrected chi connectivity index (χ0v) is 16.9. The van der Waals surface area contributed by atoms with E-state index in [-0.39, 0.29) is 11.7 Å². The number of unbranched alkanes of at least 4 members (excludes halogenated alkanes) is 8. The highest BCUT2D eigenvalue weighted by molar-refractivity contribution is 8.03. The molecule has 0 aromatic rings. The largest absolute Gasteiger partial charge is 0.481 e. The van der Waals surface area contributed by atoms with Gasteiger partial charge in [-0.2, -0.15) is 5.26 Å². The van der Waals surface area contributed by atoms with E-state index in [1.807, 2.05) is 6.92 Å². The first kappa shape index (κ1) is 23.4. The van der Waals surface area contributed by atoms with Crippen molar-refractivity contribution in [1.29, 1.82) is 5.26 Å². The Labute approximate surface area is 157 Å². The lowest BCUT2D eigenvalue weighted by atomic mass is 10.1. The number of aliphatic carboxylic acids is 1. The number of hydrogen-bond acceptors (Lipinski definition) is 4. The van der Waals surface area contributed by atoms with Gasteiger partial charge in [-0.3, -0.25) is 4.79 Å². The number of carbonyl (C=O) groups is 1. The fourth-order valence-electron chi connectivity index (χ4n) is 2.63. The van der Waals surface area contributed by atoms with Gasteiger partial charge in [0.25, 0.3) is 0 Å². The molecule has 1 N–H and O–H groups in total. The fraction of sp³-hybridized carbons (Fsp3) is 0.842. The lowest BCUT2D eigenvalue weighted by Gasteiger charge is -2.24. The van der Waals surface area contributed by atoms with Gasteiger partial charge in [-0.1, -0.05) is 76.9 Å². The van der Waals surface area contributed by atoms with Crippen molar-refractivity contribution in [1.82, 2.24) is 0 Å². The van der Waals surface area contributed by atoms with Gasteiger partial charge in [0.05, 0.1) is 6.07 Å². The summed E-state index contributed by atoms with van der Waals surface area (Å²) >= 11 is 6.64. The fourth-order valence-corrected chi connectivity index (χ4v) is 4.22. The van der Waals surface area contributed by atoms with Crippen molar-refractivity contribution < 1.29 is 9.90 Å². The first-order valence-corrected chi connectivity index (χ1v) is 10.6. The van der Waals surface area contributed by atoms with Crippen LogP contribution < -0.4 is 0 Å². The van der Waals surface area contributed by atoms with Crippen LogP contribution in [-0.2, 0) is 4.79 Å². The third kappa shape index (κ3) is 12.8. The SMILES string of the molecule is CCCCCCCCCCCC(C=S)SC(C)(C#N)CCC(=O)O. The van der Waals surface area contributed by atoms with Crippen molar-refractivity contribution in [2.24, 2.45) is 0 Å². The Bertz CT molecular complexity index is 395. The average molecular weight is 372 g/mol. The summed E-state index contributed by atoms with van der Waals surface area (Å²) < 4.78 is -0.669. The molecule has 0 aliphatic heterocycles. The molecule has 0 saturated heterocycles. The quantitative estimate of drug-likeness (QED) is 0.260. The van der Waals surface area contributed by atoms with Crippen LogP contribution in [0.25, 0.3) is 0 Å². The summed E-state index contributed by atoms with van der Waals surface area (Å²) in [6.45, 7) is 4.06. The highest BCUT2D eigenvalue weighted by atomic mass is 32.2. The van der Waals surface area contributed by atoms with Crippen LogP contribution in [0.15, 0.2) is 0 Å². The molecule has 0 spiro atoms. The molecule has 24 heavy (non-hydrogen) atoms. The smallest absolute Gasteiger partial charge is 0.303 e. The summed E-state index contributed by atoms with van der Waals surface area (Å²) in [6.07, 6.45) is 13.0. The van der Waals surface area contributed by atoms with Crippen LogP contribution >= 0.6 is 24.0 Å². The van der Waals surface area contributed by atoms with Gasteiger partial charge in [-0.05, 0) is 25.1 Å². The Morgan fingerprint density at radius 3 is 2.21 bits per heavy atom. The topological polar surface area (TPSA) is 61.1 Å². The Morgan fingerprint density at radius 1 is 1.21 bits per heavy atom. The lowest BCUT2D eigenvalue weighted by molar-refractivity contribution is -0.137. The van der Waals surface area contributed by atoms with E-state index in [1.165, 1.54) is 63.1 Å².